The van der Waals surface area contributed by atoms with E-state index in [1.165, 1.54) is 6.92 Å². The molecule has 0 saturated heterocycles. The van der Waals surface area contributed by atoms with Gasteiger partial charge in [-0.25, -0.2) is 9.59 Å². The van der Waals surface area contributed by atoms with Crippen LogP contribution in [0.5, 0.6) is 0 Å². The van der Waals surface area contributed by atoms with E-state index >= 15 is 0 Å². The van der Waals surface area contributed by atoms with Gasteiger partial charge in [0.2, 0.25) is 0 Å². The van der Waals surface area contributed by atoms with Crippen molar-refractivity contribution in [2.24, 2.45) is 0 Å². The Bertz CT molecular complexity index is 422. The van der Waals surface area contributed by atoms with Crippen LogP contribution < -0.4 is 0 Å². The fourth-order valence-corrected chi connectivity index (χ4v) is 0.759. The summed E-state index contributed by atoms with van der Waals surface area (Å²) in [6.45, 7) is 4.60. The minimum atomic E-state index is -0.935. The van der Waals surface area contributed by atoms with Crippen molar-refractivity contribution in [1.82, 2.24) is 0 Å². The Kier molecular flexibility index (Phi) is 7.56. The van der Waals surface area contributed by atoms with Crippen LogP contribution in [0.1, 0.15) is 12.5 Å². The molecule has 0 saturated carbocycles. The van der Waals surface area contributed by atoms with Crippen LogP contribution in [-0.2, 0) is 14.5 Å². The maximum absolute atomic E-state index is 10.4. The molecule has 0 aliphatic rings. The van der Waals surface area contributed by atoms with Crippen LogP contribution in [0.25, 0.3) is 6.08 Å². The summed E-state index contributed by atoms with van der Waals surface area (Å²) in [4.78, 5) is 23.5. The van der Waals surface area contributed by atoms with Gasteiger partial charge < -0.3 is 5.11 Å². The van der Waals surface area contributed by atoms with Crippen LogP contribution in [0.3, 0.4) is 0 Å². The third kappa shape index (κ3) is 7.84. The highest BCUT2D eigenvalue weighted by Gasteiger charge is 1.92. The molecule has 18 heavy (non-hydrogen) atoms. The third-order valence-corrected chi connectivity index (χ3v) is 1.67. The van der Waals surface area contributed by atoms with Crippen molar-refractivity contribution in [2.75, 3.05) is 0 Å². The molecular weight excluding hydrogens is 236 g/mol. The van der Waals surface area contributed by atoms with Gasteiger partial charge in [-0.3, -0.25) is 4.89 Å². The second kappa shape index (κ2) is 8.72. The fraction of sp³-hybridized carbons (Fsp3) is 0.0769. The van der Waals surface area contributed by atoms with Gasteiger partial charge in [-0.2, -0.15) is 5.26 Å². The predicted molar refractivity (Wildman–Crippen MR) is 66.6 cm³/mol. The van der Waals surface area contributed by atoms with Crippen LogP contribution in [-0.4, -0.2) is 22.3 Å². The maximum Gasteiger partial charge on any atom is 0.365 e. The molecule has 1 aromatic carbocycles. The molecule has 0 fully saturated rings. The number of rotatable bonds is 3. The molecule has 96 valence electrons. The molecule has 5 nitrogen and oxygen atoms in total. The second-order valence-corrected chi connectivity index (χ2v) is 3.24. The lowest BCUT2D eigenvalue weighted by Gasteiger charge is -1.89. The molecular formula is C13H14O5. The van der Waals surface area contributed by atoms with E-state index in [9.17, 15) is 9.59 Å². The van der Waals surface area contributed by atoms with Gasteiger partial charge in [0.15, 0.2) is 0 Å². The molecule has 0 atom stereocenters. The minimum Gasteiger partial charge on any atom is -0.478 e. The first-order chi connectivity index (χ1) is 8.47. The zero-order valence-corrected chi connectivity index (χ0v) is 9.87. The second-order valence-electron chi connectivity index (χ2n) is 3.24. The van der Waals surface area contributed by atoms with Crippen LogP contribution in [0.15, 0.2) is 48.6 Å². The average molecular weight is 250 g/mol. The highest BCUT2D eigenvalue weighted by Crippen LogP contribution is 2.00. The summed E-state index contributed by atoms with van der Waals surface area (Å²) in [7, 11) is 0. The lowest BCUT2D eigenvalue weighted by atomic mass is 10.2. The van der Waals surface area contributed by atoms with Gasteiger partial charge >= 0.3 is 11.9 Å². The molecule has 0 bridgehead atoms. The predicted octanol–water partition coefficient (Wildman–Crippen LogP) is 2.36. The molecule has 1 rings (SSSR count). The summed E-state index contributed by atoms with van der Waals surface area (Å²) in [5.41, 5.74) is 1.05. The molecule has 0 radical (unpaired) electrons. The van der Waals surface area contributed by atoms with Crippen molar-refractivity contribution in [3.05, 3.63) is 54.1 Å². The summed E-state index contributed by atoms with van der Waals surface area (Å²) in [6.07, 6.45) is 2.70. The molecule has 0 heterocycles. The monoisotopic (exact) mass is 250 g/mol. The number of carboxylic acids is 1. The lowest BCUT2D eigenvalue weighted by Crippen LogP contribution is -1.93. The lowest BCUT2D eigenvalue weighted by molar-refractivity contribution is -0.227. The number of hydrogen-bond acceptors (Lipinski definition) is 4. The van der Waals surface area contributed by atoms with Gasteiger partial charge in [0.25, 0.3) is 0 Å². The number of aliphatic carboxylic acids is 1. The van der Waals surface area contributed by atoms with Crippen molar-refractivity contribution < 1.29 is 24.8 Å². The molecule has 0 spiro atoms. The Hall–Kier alpha value is -2.40. The Morgan fingerprint density at radius 3 is 2.17 bits per heavy atom. The highest BCUT2D eigenvalue weighted by atomic mass is 17.1. The van der Waals surface area contributed by atoms with E-state index < -0.39 is 11.9 Å². The van der Waals surface area contributed by atoms with Crippen LogP contribution in [0, 0.1) is 0 Å². The summed E-state index contributed by atoms with van der Waals surface area (Å²) in [5.74, 6) is -1.71. The zero-order valence-electron chi connectivity index (χ0n) is 9.87. The third-order valence-electron chi connectivity index (χ3n) is 1.67. The van der Waals surface area contributed by atoms with Crippen molar-refractivity contribution in [2.45, 2.75) is 6.92 Å². The molecule has 0 aliphatic heterocycles. The fourth-order valence-electron chi connectivity index (χ4n) is 0.759. The first kappa shape index (κ1) is 15.6. The van der Waals surface area contributed by atoms with E-state index in [-0.39, 0.29) is 5.57 Å². The first-order valence-corrected chi connectivity index (χ1v) is 4.94. The van der Waals surface area contributed by atoms with Gasteiger partial charge in [-0.15, -0.1) is 0 Å². The van der Waals surface area contributed by atoms with E-state index in [2.05, 4.69) is 11.5 Å². The Morgan fingerprint density at radius 2 is 1.78 bits per heavy atom. The quantitative estimate of drug-likeness (QED) is 0.488. The zero-order chi connectivity index (χ0) is 14.0. The van der Waals surface area contributed by atoms with Crippen molar-refractivity contribution in [3.63, 3.8) is 0 Å². The topological polar surface area (TPSA) is 83.8 Å². The van der Waals surface area contributed by atoms with Gasteiger partial charge in [0.05, 0.1) is 0 Å². The highest BCUT2D eigenvalue weighted by molar-refractivity contribution is 5.86. The molecule has 1 aromatic rings. The molecule has 0 aliphatic carbocycles. The summed E-state index contributed by atoms with van der Waals surface area (Å²) in [6, 6.07) is 9.25. The Labute approximate surface area is 105 Å². The van der Waals surface area contributed by atoms with Crippen molar-refractivity contribution in [3.8, 4) is 0 Å². The van der Waals surface area contributed by atoms with Crippen molar-refractivity contribution in [1.29, 1.82) is 0 Å². The summed E-state index contributed by atoms with van der Waals surface area (Å²) in [5, 5.41) is 15.8. The Morgan fingerprint density at radius 1 is 1.28 bits per heavy atom. The number of benzene rings is 1. The smallest absolute Gasteiger partial charge is 0.365 e. The number of carbonyl (C=O) groups is 2. The van der Waals surface area contributed by atoms with E-state index in [1.807, 2.05) is 30.3 Å². The minimum absolute atomic E-state index is 0.176. The molecule has 0 aromatic heterocycles. The van der Waals surface area contributed by atoms with Crippen LogP contribution in [0.2, 0.25) is 0 Å². The Balaban J connectivity index is 0.000000411. The van der Waals surface area contributed by atoms with Crippen molar-refractivity contribution >= 4 is 18.0 Å². The summed E-state index contributed by atoms with van der Waals surface area (Å²) >= 11 is 0. The van der Waals surface area contributed by atoms with E-state index in [4.69, 9.17) is 10.4 Å². The molecule has 0 amide bonds. The SMILES string of the molecule is C=C(C)C(=O)O.O=C(C=Cc1ccccc1)OO. The molecule has 0 unspecified atom stereocenters. The van der Waals surface area contributed by atoms with E-state index in [0.717, 1.165) is 11.6 Å². The summed E-state index contributed by atoms with van der Waals surface area (Å²) < 4.78 is 0. The number of carboxylic acid groups (broad SMARTS) is 1. The van der Waals surface area contributed by atoms with E-state index in [1.54, 1.807) is 6.08 Å². The van der Waals surface area contributed by atoms with E-state index in [0.29, 0.717) is 0 Å². The van der Waals surface area contributed by atoms with Crippen LogP contribution >= 0.6 is 0 Å². The molecule has 2 N–H and O–H groups in total. The largest absolute Gasteiger partial charge is 0.478 e. The number of carbonyl (C=O) groups excluding carboxylic acids is 1. The van der Waals surface area contributed by atoms with Gasteiger partial charge in [0.1, 0.15) is 0 Å². The normalized spacial score (nSPS) is 9.22. The maximum atomic E-state index is 10.4. The van der Waals surface area contributed by atoms with Crippen LogP contribution in [0.4, 0.5) is 0 Å². The van der Waals surface area contributed by atoms with Gasteiger partial charge in [-0.1, -0.05) is 36.9 Å². The molecule has 5 heteroatoms. The average Bonchev–Trinajstić information content (AvgIpc) is 2.37. The van der Waals surface area contributed by atoms with Gasteiger partial charge in [0, 0.05) is 11.6 Å². The first-order valence-electron chi connectivity index (χ1n) is 4.94. The standard InChI is InChI=1S/C9H8O3.C4H6O2/c10-9(12-11)7-6-8-4-2-1-3-5-8;1-3(2)4(5)6/h1-7,11H;1H2,2H3,(H,5,6). The number of hydrogen-bond donors (Lipinski definition) is 2. The van der Waals surface area contributed by atoms with Gasteiger partial charge in [-0.05, 0) is 18.6 Å².